The number of carbonyl (C=O) groups excluding carboxylic acids is 1. The summed E-state index contributed by atoms with van der Waals surface area (Å²) in [5.41, 5.74) is 2.20. The Morgan fingerprint density at radius 1 is 1.00 bits per heavy atom. The number of hydrogen-bond donors (Lipinski definition) is 2. The lowest BCUT2D eigenvalue weighted by Gasteiger charge is -2.11. The summed E-state index contributed by atoms with van der Waals surface area (Å²) in [6, 6.07) is 14.8. The van der Waals surface area contributed by atoms with Gasteiger partial charge in [-0.15, -0.1) is 0 Å². The average molecular weight is 355 g/mol. The maximum absolute atomic E-state index is 12.6. The first-order valence-electron chi connectivity index (χ1n) is 7.62. The van der Waals surface area contributed by atoms with Crippen molar-refractivity contribution >= 4 is 32.5 Å². The average Bonchev–Trinajstić information content (AvgIpc) is 2.61. The Hall–Kier alpha value is -2.93. The molecule has 0 saturated carbocycles. The van der Waals surface area contributed by atoms with Crippen LogP contribution in [0.5, 0.6) is 0 Å². The molecule has 0 saturated heterocycles. The summed E-state index contributed by atoms with van der Waals surface area (Å²) in [6.07, 6.45) is 0. The first-order valence-corrected chi connectivity index (χ1v) is 9.10. The molecular weight excluding hydrogens is 338 g/mol. The Morgan fingerprint density at radius 2 is 1.72 bits per heavy atom. The standard InChI is InChI=1S/C18H17N3O3S/c1-12-6-7-13-4-3-5-16(17(13)20-12)21-25(23,24)15-10-8-14(9-11-15)18(22)19-2/h3-11,21H,1-2H3,(H,19,22). The van der Waals surface area contributed by atoms with E-state index in [0.29, 0.717) is 16.8 Å². The molecule has 0 unspecified atom stereocenters. The van der Waals surface area contributed by atoms with Crippen molar-refractivity contribution in [2.75, 3.05) is 11.8 Å². The molecule has 0 bridgehead atoms. The summed E-state index contributed by atoms with van der Waals surface area (Å²) in [4.78, 5) is 16.1. The van der Waals surface area contributed by atoms with Crippen LogP contribution >= 0.6 is 0 Å². The molecule has 2 N–H and O–H groups in total. The van der Waals surface area contributed by atoms with Gasteiger partial charge in [-0.25, -0.2) is 8.42 Å². The summed E-state index contributed by atoms with van der Waals surface area (Å²) in [5.74, 6) is -0.273. The van der Waals surface area contributed by atoms with Gasteiger partial charge in [0.2, 0.25) is 0 Å². The molecule has 3 rings (SSSR count). The minimum atomic E-state index is -3.79. The van der Waals surface area contributed by atoms with Crippen molar-refractivity contribution in [3.8, 4) is 0 Å². The molecule has 0 spiro atoms. The Morgan fingerprint density at radius 3 is 2.40 bits per heavy atom. The van der Waals surface area contributed by atoms with Crippen molar-refractivity contribution in [2.45, 2.75) is 11.8 Å². The number of nitrogens with one attached hydrogen (secondary N) is 2. The summed E-state index contributed by atoms with van der Waals surface area (Å²) in [5, 5.41) is 3.34. The molecule has 25 heavy (non-hydrogen) atoms. The molecule has 3 aromatic rings. The maximum atomic E-state index is 12.6. The van der Waals surface area contributed by atoms with Crippen LogP contribution in [0.4, 0.5) is 5.69 Å². The van der Waals surface area contributed by atoms with E-state index in [0.717, 1.165) is 11.1 Å². The number of hydrogen-bond acceptors (Lipinski definition) is 4. The van der Waals surface area contributed by atoms with Crippen LogP contribution in [0.1, 0.15) is 16.1 Å². The fourth-order valence-corrected chi connectivity index (χ4v) is 3.53. The molecule has 0 atom stereocenters. The third-order valence-electron chi connectivity index (χ3n) is 3.76. The highest BCUT2D eigenvalue weighted by Gasteiger charge is 2.16. The molecule has 1 heterocycles. The van der Waals surface area contributed by atoms with E-state index in [1.165, 1.54) is 31.3 Å². The lowest BCUT2D eigenvalue weighted by Crippen LogP contribution is -2.18. The third-order valence-corrected chi connectivity index (χ3v) is 5.14. The summed E-state index contributed by atoms with van der Waals surface area (Å²) in [6.45, 7) is 1.85. The van der Waals surface area contributed by atoms with Crippen LogP contribution in [-0.2, 0) is 10.0 Å². The zero-order valence-electron chi connectivity index (χ0n) is 13.8. The van der Waals surface area contributed by atoms with Gasteiger partial charge in [0.05, 0.1) is 16.1 Å². The van der Waals surface area contributed by atoms with Gasteiger partial charge < -0.3 is 5.32 Å². The van der Waals surface area contributed by atoms with Crippen LogP contribution in [0.15, 0.2) is 59.5 Å². The van der Waals surface area contributed by atoms with Gasteiger partial charge in [-0.3, -0.25) is 14.5 Å². The second kappa shape index (κ2) is 6.52. The van der Waals surface area contributed by atoms with E-state index in [4.69, 9.17) is 0 Å². The maximum Gasteiger partial charge on any atom is 0.261 e. The highest BCUT2D eigenvalue weighted by Crippen LogP contribution is 2.24. The lowest BCUT2D eigenvalue weighted by molar-refractivity contribution is 0.0963. The number of pyridine rings is 1. The minimum absolute atomic E-state index is 0.0739. The summed E-state index contributed by atoms with van der Waals surface area (Å²) < 4.78 is 27.9. The molecule has 2 aromatic carbocycles. The van der Waals surface area contributed by atoms with Gasteiger partial charge in [0.15, 0.2) is 0 Å². The van der Waals surface area contributed by atoms with Gasteiger partial charge in [-0.2, -0.15) is 0 Å². The monoisotopic (exact) mass is 355 g/mol. The van der Waals surface area contributed by atoms with E-state index >= 15 is 0 Å². The number of para-hydroxylation sites is 1. The van der Waals surface area contributed by atoms with Crippen LogP contribution < -0.4 is 10.0 Å². The van der Waals surface area contributed by atoms with Gasteiger partial charge in [-0.1, -0.05) is 18.2 Å². The number of fused-ring (bicyclic) bond motifs is 1. The minimum Gasteiger partial charge on any atom is -0.355 e. The molecule has 1 amide bonds. The first-order chi connectivity index (χ1) is 11.9. The fourth-order valence-electron chi connectivity index (χ4n) is 2.46. The van der Waals surface area contributed by atoms with Crippen LogP contribution in [0.25, 0.3) is 10.9 Å². The molecule has 1 aromatic heterocycles. The number of carbonyl (C=O) groups is 1. The van der Waals surface area contributed by atoms with E-state index in [1.54, 1.807) is 12.1 Å². The largest absolute Gasteiger partial charge is 0.355 e. The highest BCUT2D eigenvalue weighted by molar-refractivity contribution is 7.92. The number of rotatable bonds is 4. The number of aryl methyl sites for hydroxylation is 1. The quantitative estimate of drug-likeness (QED) is 0.753. The molecule has 0 aliphatic rings. The molecule has 0 aliphatic carbocycles. The van der Waals surface area contributed by atoms with Crippen molar-refractivity contribution in [1.29, 1.82) is 0 Å². The molecule has 128 valence electrons. The van der Waals surface area contributed by atoms with E-state index in [2.05, 4.69) is 15.0 Å². The second-order valence-corrected chi connectivity index (χ2v) is 7.22. The number of benzene rings is 2. The Labute approximate surface area is 146 Å². The SMILES string of the molecule is CNC(=O)c1ccc(S(=O)(=O)Nc2cccc3ccc(C)nc23)cc1. The van der Waals surface area contributed by atoms with Crippen LogP contribution in [0, 0.1) is 6.92 Å². The van der Waals surface area contributed by atoms with E-state index in [9.17, 15) is 13.2 Å². The smallest absolute Gasteiger partial charge is 0.261 e. The topological polar surface area (TPSA) is 88.2 Å². The van der Waals surface area contributed by atoms with Gasteiger partial charge in [0.1, 0.15) is 0 Å². The molecule has 7 heteroatoms. The van der Waals surface area contributed by atoms with Crippen LogP contribution in [0.2, 0.25) is 0 Å². The molecule has 6 nitrogen and oxygen atoms in total. The van der Waals surface area contributed by atoms with Crippen molar-refractivity contribution in [2.24, 2.45) is 0 Å². The Bertz CT molecular complexity index is 1040. The predicted molar refractivity (Wildman–Crippen MR) is 97.1 cm³/mol. The Balaban J connectivity index is 1.97. The first kappa shape index (κ1) is 16.9. The van der Waals surface area contributed by atoms with E-state index < -0.39 is 10.0 Å². The summed E-state index contributed by atoms with van der Waals surface area (Å²) >= 11 is 0. The van der Waals surface area contributed by atoms with Crippen molar-refractivity contribution in [3.05, 3.63) is 65.9 Å². The third kappa shape index (κ3) is 3.46. The van der Waals surface area contributed by atoms with Crippen LogP contribution in [0.3, 0.4) is 0 Å². The number of amides is 1. The highest BCUT2D eigenvalue weighted by atomic mass is 32.2. The van der Waals surface area contributed by atoms with Gasteiger partial charge in [-0.05, 0) is 43.3 Å². The zero-order chi connectivity index (χ0) is 18.0. The molecule has 0 aliphatic heterocycles. The van der Waals surface area contributed by atoms with Gasteiger partial charge >= 0.3 is 0 Å². The second-order valence-electron chi connectivity index (χ2n) is 5.54. The summed E-state index contributed by atoms with van der Waals surface area (Å²) in [7, 11) is -2.27. The van der Waals surface area contributed by atoms with Crippen molar-refractivity contribution in [1.82, 2.24) is 10.3 Å². The van der Waals surface area contributed by atoms with E-state index in [-0.39, 0.29) is 10.8 Å². The number of nitrogens with zero attached hydrogens (tertiary/aromatic N) is 1. The van der Waals surface area contributed by atoms with Gasteiger partial charge in [0.25, 0.3) is 15.9 Å². The zero-order valence-corrected chi connectivity index (χ0v) is 14.6. The normalized spacial score (nSPS) is 11.3. The molecule has 0 radical (unpaired) electrons. The predicted octanol–water partition coefficient (Wildman–Crippen LogP) is 2.70. The van der Waals surface area contributed by atoms with Gasteiger partial charge in [0, 0.05) is 23.7 Å². The Kier molecular flexibility index (Phi) is 4.41. The van der Waals surface area contributed by atoms with Crippen molar-refractivity contribution < 1.29 is 13.2 Å². The van der Waals surface area contributed by atoms with E-state index in [1.807, 2.05) is 25.1 Å². The number of anilines is 1. The number of sulfonamides is 1. The van der Waals surface area contributed by atoms with Crippen molar-refractivity contribution in [3.63, 3.8) is 0 Å². The fraction of sp³-hybridized carbons (Fsp3) is 0.111. The molecule has 0 fully saturated rings. The molecular formula is C18H17N3O3S. The van der Waals surface area contributed by atoms with Crippen LogP contribution in [-0.4, -0.2) is 26.4 Å². The number of aromatic nitrogens is 1. The lowest BCUT2D eigenvalue weighted by atomic mass is 10.2.